The lowest BCUT2D eigenvalue weighted by Crippen LogP contribution is -2.33. The fourth-order valence-corrected chi connectivity index (χ4v) is 1.79. The Hall–Kier alpha value is -2.65. The summed E-state index contributed by atoms with van der Waals surface area (Å²) in [5, 5.41) is 13.5. The molecule has 2 heterocycles. The number of hydrogen-bond acceptors (Lipinski definition) is 5. The molecule has 2 aromatic rings. The molecule has 124 valence electrons. The van der Waals surface area contributed by atoms with E-state index in [1.165, 1.54) is 10.9 Å². The molecule has 10 heteroatoms. The molecule has 23 heavy (non-hydrogen) atoms. The largest absolute Gasteiger partial charge is 0.477 e. The number of alkyl halides is 3. The van der Waals surface area contributed by atoms with Crippen molar-refractivity contribution >= 4 is 5.91 Å². The van der Waals surface area contributed by atoms with Gasteiger partial charge in [-0.25, -0.2) is 4.68 Å². The van der Waals surface area contributed by atoms with Gasteiger partial charge in [-0.3, -0.25) is 4.79 Å². The van der Waals surface area contributed by atoms with E-state index in [-0.39, 0.29) is 5.56 Å². The Labute approximate surface area is 129 Å². The highest BCUT2D eigenvalue weighted by Gasteiger charge is 2.28. The standard InChI is InChI=1S/C13H14F3N5O2/c1-3-23-11-5-4-10(19-20-11)21-8(2)9(6-18-21)12(22)17-7-13(14,15)16/h4-6H,3,7H2,1-2H3,(H,17,22). The molecule has 0 radical (unpaired) electrons. The van der Waals surface area contributed by atoms with Gasteiger partial charge in [-0.05, 0) is 19.9 Å². The van der Waals surface area contributed by atoms with Crippen molar-refractivity contribution in [2.75, 3.05) is 13.2 Å². The summed E-state index contributed by atoms with van der Waals surface area (Å²) in [6.07, 6.45) is -3.29. The number of carbonyl (C=O) groups is 1. The van der Waals surface area contributed by atoms with Gasteiger partial charge >= 0.3 is 6.18 Å². The maximum absolute atomic E-state index is 12.1. The summed E-state index contributed by atoms with van der Waals surface area (Å²) in [6, 6.07) is 3.16. The van der Waals surface area contributed by atoms with Gasteiger partial charge in [-0.2, -0.15) is 18.3 Å². The van der Waals surface area contributed by atoms with Crippen molar-refractivity contribution in [3.05, 3.63) is 29.6 Å². The van der Waals surface area contributed by atoms with Gasteiger partial charge in [-0.15, -0.1) is 10.2 Å². The Balaban J connectivity index is 2.17. The Morgan fingerprint density at radius 2 is 2.09 bits per heavy atom. The van der Waals surface area contributed by atoms with Crippen molar-refractivity contribution in [3.8, 4) is 11.7 Å². The van der Waals surface area contributed by atoms with Crippen LogP contribution in [0.15, 0.2) is 18.3 Å². The van der Waals surface area contributed by atoms with Crippen molar-refractivity contribution in [3.63, 3.8) is 0 Å². The zero-order valence-corrected chi connectivity index (χ0v) is 12.4. The van der Waals surface area contributed by atoms with Crippen molar-refractivity contribution < 1.29 is 22.7 Å². The molecule has 0 unspecified atom stereocenters. The van der Waals surface area contributed by atoms with Crippen LogP contribution >= 0.6 is 0 Å². The summed E-state index contributed by atoms with van der Waals surface area (Å²) in [5.41, 5.74) is 0.382. The molecule has 2 aromatic heterocycles. The molecule has 0 aliphatic heterocycles. The minimum absolute atomic E-state index is 0.0323. The van der Waals surface area contributed by atoms with E-state index < -0.39 is 18.6 Å². The van der Waals surface area contributed by atoms with Crippen LogP contribution in [-0.4, -0.2) is 45.2 Å². The van der Waals surface area contributed by atoms with E-state index in [4.69, 9.17) is 4.74 Å². The van der Waals surface area contributed by atoms with Gasteiger partial charge in [0.15, 0.2) is 5.82 Å². The normalized spacial score (nSPS) is 11.3. The van der Waals surface area contributed by atoms with Crippen LogP contribution in [0.5, 0.6) is 5.88 Å². The summed E-state index contributed by atoms with van der Waals surface area (Å²) >= 11 is 0. The first-order valence-corrected chi connectivity index (χ1v) is 6.68. The SMILES string of the molecule is CCOc1ccc(-n2ncc(C(=O)NCC(F)(F)F)c2C)nn1. The molecule has 0 spiro atoms. The van der Waals surface area contributed by atoms with Crippen molar-refractivity contribution in [1.29, 1.82) is 0 Å². The average Bonchev–Trinajstić information content (AvgIpc) is 2.87. The highest BCUT2D eigenvalue weighted by atomic mass is 19.4. The van der Waals surface area contributed by atoms with E-state index in [0.29, 0.717) is 24.0 Å². The Morgan fingerprint density at radius 3 is 2.65 bits per heavy atom. The molecule has 1 N–H and O–H groups in total. The van der Waals surface area contributed by atoms with Gasteiger partial charge in [0.05, 0.1) is 24.1 Å². The lowest BCUT2D eigenvalue weighted by molar-refractivity contribution is -0.123. The van der Waals surface area contributed by atoms with Crippen LogP contribution in [0.2, 0.25) is 0 Å². The molecule has 0 bridgehead atoms. The molecule has 1 amide bonds. The molecule has 0 saturated heterocycles. The maximum Gasteiger partial charge on any atom is 0.405 e. The van der Waals surface area contributed by atoms with Gasteiger partial charge in [0, 0.05) is 6.07 Å². The van der Waals surface area contributed by atoms with E-state index in [9.17, 15) is 18.0 Å². The number of halogens is 3. The molecule has 7 nitrogen and oxygen atoms in total. The molecule has 0 aliphatic carbocycles. The Morgan fingerprint density at radius 1 is 1.35 bits per heavy atom. The molecule has 2 rings (SSSR count). The number of nitrogens with one attached hydrogen (secondary N) is 1. The summed E-state index contributed by atoms with van der Waals surface area (Å²) < 4.78 is 42.9. The van der Waals surface area contributed by atoms with Crippen LogP contribution in [0, 0.1) is 6.92 Å². The highest BCUT2D eigenvalue weighted by Crippen LogP contribution is 2.15. The van der Waals surface area contributed by atoms with Crippen LogP contribution < -0.4 is 10.1 Å². The quantitative estimate of drug-likeness (QED) is 0.902. The van der Waals surface area contributed by atoms with E-state index >= 15 is 0 Å². The van der Waals surface area contributed by atoms with Crippen LogP contribution in [0.1, 0.15) is 23.0 Å². The van der Waals surface area contributed by atoms with Gasteiger partial charge in [0.2, 0.25) is 5.88 Å². The second kappa shape index (κ2) is 6.63. The molecule has 0 aliphatic rings. The lowest BCUT2D eigenvalue weighted by atomic mass is 10.2. The summed E-state index contributed by atoms with van der Waals surface area (Å²) in [5.74, 6) is -0.199. The molecule has 0 aromatic carbocycles. The maximum atomic E-state index is 12.1. The van der Waals surface area contributed by atoms with Crippen molar-refractivity contribution in [2.45, 2.75) is 20.0 Å². The molecule has 0 atom stereocenters. The van der Waals surface area contributed by atoms with E-state index in [1.807, 2.05) is 0 Å². The number of hydrogen-bond donors (Lipinski definition) is 1. The number of ether oxygens (including phenoxy) is 1. The molecule has 0 fully saturated rings. The summed E-state index contributed by atoms with van der Waals surface area (Å²) in [4.78, 5) is 11.8. The monoisotopic (exact) mass is 329 g/mol. The second-order valence-electron chi connectivity index (χ2n) is 4.52. The summed E-state index contributed by atoms with van der Waals surface area (Å²) in [6.45, 7) is 2.39. The second-order valence-corrected chi connectivity index (χ2v) is 4.52. The first-order chi connectivity index (χ1) is 10.8. The van der Waals surface area contributed by atoms with Gasteiger partial charge < -0.3 is 10.1 Å². The fourth-order valence-electron chi connectivity index (χ4n) is 1.79. The smallest absolute Gasteiger partial charge is 0.405 e. The number of carbonyl (C=O) groups excluding carboxylic acids is 1. The number of rotatable bonds is 5. The number of nitrogens with zero attached hydrogens (tertiary/aromatic N) is 4. The van der Waals surface area contributed by atoms with E-state index in [1.54, 1.807) is 31.3 Å². The average molecular weight is 329 g/mol. The van der Waals surface area contributed by atoms with Crippen LogP contribution in [0.3, 0.4) is 0 Å². The van der Waals surface area contributed by atoms with Crippen LogP contribution in [-0.2, 0) is 0 Å². The van der Waals surface area contributed by atoms with Gasteiger partial charge in [-0.1, -0.05) is 0 Å². The summed E-state index contributed by atoms with van der Waals surface area (Å²) in [7, 11) is 0. The third kappa shape index (κ3) is 4.18. The first-order valence-electron chi connectivity index (χ1n) is 6.68. The lowest BCUT2D eigenvalue weighted by Gasteiger charge is -2.08. The van der Waals surface area contributed by atoms with E-state index in [0.717, 1.165) is 0 Å². The van der Waals surface area contributed by atoms with Crippen molar-refractivity contribution in [1.82, 2.24) is 25.3 Å². The molecule has 0 saturated carbocycles. The van der Waals surface area contributed by atoms with Crippen molar-refractivity contribution in [2.24, 2.45) is 0 Å². The zero-order valence-electron chi connectivity index (χ0n) is 12.4. The highest BCUT2D eigenvalue weighted by molar-refractivity contribution is 5.95. The number of amides is 1. The third-order valence-electron chi connectivity index (χ3n) is 2.84. The predicted octanol–water partition coefficient (Wildman–Crippen LogP) is 1.66. The van der Waals surface area contributed by atoms with Crippen LogP contribution in [0.4, 0.5) is 13.2 Å². The first kappa shape index (κ1) is 16.7. The minimum atomic E-state index is -4.47. The topological polar surface area (TPSA) is 81.9 Å². The fraction of sp³-hybridized carbons (Fsp3) is 0.385. The third-order valence-corrected chi connectivity index (χ3v) is 2.84. The minimum Gasteiger partial charge on any atom is -0.477 e. The Kier molecular flexibility index (Phi) is 4.82. The van der Waals surface area contributed by atoms with Gasteiger partial charge in [0.25, 0.3) is 5.91 Å². The molecular formula is C13H14F3N5O2. The molecular weight excluding hydrogens is 315 g/mol. The van der Waals surface area contributed by atoms with Gasteiger partial charge in [0.1, 0.15) is 6.54 Å². The number of aromatic nitrogens is 4. The van der Waals surface area contributed by atoms with Crippen LogP contribution in [0.25, 0.3) is 5.82 Å². The van der Waals surface area contributed by atoms with E-state index in [2.05, 4.69) is 15.3 Å². The Bertz CT molecular complexity index is 682. The predicted molar refractivity (Wildman–Crippen MR) is 73.4 cm³/mol. The zero-order chi connectivity index (χ0) is 17.0.